The summed E-state index contributed by atoms with van der Waals surface area (Å²) in [4.78, 5) is 29.5. The van der Waals surface area contributed by atoms with Crippen molar-refractivity contribution < 1.29 is 22.7 Å². The quantitative estimate of drug-likeness (QED) is 0.243. The third-order valence-corrected chi connectivity index (χ3v) is 10.1. The zero-order valence-electron chi connectivity index (χ0n) is 24.0. The van der Waals surface area contributed by atoms with Crippen LogP contribution in [0.1, 0.15) is 51.0 Å². The summed E-state index contributed by atoms with van der Waals surface area (Å²) in [5, 5.41) is 3.17. The lowest BCUT2D eigenvalue weighted by Crippen LogP contribution is -2.54. The molecule has 1 fully saturated rings. The zero-order valence-corrected chi connectivity index (χ0v) is 27.0. The van der Waals surface area contributed by atoms with Gasteiger partial charge in [0.15, 0.2) is 0 Å². The van der Waals surface area contributed by atoms with Crippen molar-refractivity contribution in [3.63, 3.8) is 0 Å². The maximum Gasteiger partial charge on any atom is 0.264 e. The summed E-state index contributed by atoms with van der Waals surface area (Å²) in [5.41, 5.74) is 1.15. The van der Waals surface area contributed by atoms with E-state index in [1.165, 1.54) is 17.0 Å². The summed E-state index contributed by atoms with van der Waals surface area (Å²) in [5.74, 6) is -0.0549. The molecule has 4 rings (SSSR count). The van der Waals surface area contributed by atoms with Crippen LogP contribution >= 0.6 is 22.6 Å². The number of amides is 2. The van der Waals surface area contributed by atoms with E-state index in [1.807, 2.05) is 31.2 Å². The number of hydrogen-bond acceptors (Lipinski definition) is 5. The van der Waals surface area contributed by atoms with E-state index in [1.54, 1.807) is 49.6 Å². The molecule has 224 valence electrons. The summed E-state index contributed by atoms with van der Waals surface area (Å²) in [6.45, 7) is 1.53. The molecule has 1 saturated carbocycles. The average Bonchev–Trinajstić information content (AvgIpc) is 3.01. The van der Waals surface area contributed by atoms with E-state index in [0.29, 0.717) is 17.9 Å². The number of halogens is 1. The number of nitrogens with one attached hydrogen (secondary N) is 1. The Balaban J connectivity index is 1.70. The van der Waals surface area contributed by atoms with Crippen LogP contribution in [0.2, 0.25) is 0 Å². The zero-order chi connectivity index (χ0) is 30.1. The number of benzene rings is 3. The van der Waals surface area contributed by atoms with Gasteiger partial charge in [-0.2, -0.15) is 0 Å². The fourth-order valence-electron chi connectivity index (χ4n) is 5.29. The molecule has 0 radical (unpaired) electrons. The molecule has 1 aliphatic carbocycles. The summed E-state index contributed by atoms with van der Waals surface area (Å²) >= 11 is 2.15. The minimum atomic E-state index is -4.09. The van der Waals surface area contributed by atoms with E-state index in [2.05, 4.69) is 27.9 Å². The van der Waals surface area contributed by atoms with Crippen molar-refractivity contribution in [2.45, 2.75) is 69.0 Å². The van der Waals surface area contributed by atoms with Gasteiger partial charge in [0, 0.05) is 16.2 Å². The highest BCUT2D eigenvalue weighted by molar-refractivity contribution is 14.1. The molecule has 8 nitrogen and oxygen atoms in total. The predicted octanol–water partition coefficient (Wildman–Crippen LogP) is 5.75. The number of nitrogens with zero attached hydrogens (tertiary/aromatic N) is 2. The normalized spacial score (nSPS) is 14.5. The van der Waals surface area contributed by atoms with Crippen molar-refractivity contribution in [2.75, 3.05) is 18.0 Å². The Hall–Kier alpha value is -3.12. The Bertz CT molecular complexity index is 1440. The van der Waals surface area contributed by atoms with Crippen LogP contribution in [0.15, 0.2) is 83.8 Å². The third kappa shape index (κ3) is 8.03. The maximum absolute atomic E-state index is 14.2. The molecule has 3 aromatic carbocycles. The van der Waals surface area contributed by atoms with Crippen molar-refractivity contribution in [2.24, 2.45) is 0 Å². The van der Waals surface area contributed by atoms with Gasteiger partial charge in [-0.25, -0.2) is 8.42 Å². The highest BCUT2D eigenvalue weighted by Gasteiger charge is 2.34. The van der Waals surface area contributed by atoms with Crippen LogP contribution < -0.4 is 14.4 Å². The molecule has 0 heterocycles. The lowest BCUT2D eigenvalue weighted by molar-refractivity contribution is -0.140. The van der Waals surface area contributed by atoms with E-state index in [4.69, 9.17) is 4.74 Å². The average molecular weight is 704 g/mol. The molecule has 1 unspecified atom stereocenters. The van der Waals surface area contributed by atoms with E-state index < -0.39 is 28.5 Å². The fourth-order valence-corrected chi connectivity index (χ4v) is 7.08. The Kier molecular flexibility index (Phi) is 11.3. The van der Waals surface area contributed by atoms with Crippen LogP contribution in [0.5, 0.6) is 5.75 Å². The van der Waals surface area contributed by atoms with Crippen LogP contribution in [-0.4, -0.2) is 50.9 Å². The Morgan fingerprint density at radius 1 is 0.976 bits per heavy atom. The summed E-state index contributed by atoms with van der Waals surface area (Å²) in [6, 6.07) is 21.7. The van der Waals surface area contributed by atoms with Crippen molar-refractivity contribution in [3.05, 3.63) is 88.0 Å². The summed E-state index contributed by atoms with van der Waals surface area (Å²) in [7, 11) is -2.52. The second-order valence-electron chi connectivity index (χ2n) is 10.4. The molecule has 0 aliphatic heterocycles. The van der Waals surface area contributed by atoms with Gasteiger partial charge in [0.05, 0.1) is 17.7 Å². The van der Waals surface area contributed by atoms with E-state index >= 15 is 0 Å². The van der Waals surface area contributed by atoms with Gasteiger partial charge in [0.1, 0.15) is 18.3 Å². The summed E-state index contributed by atoms with van der Waals surface area (Å²) in [6.07, 6.45) is 5.51. The van der Waals surface area contributed by atoms with Gasteiger partial charge in [-0.1, -0.05) is 56.5 Å². The molecule has 10 heteroatoms. The van der Waals surface area contributed by atoms with Crippen molar-refractivity contribution >= 4 is 50.1 Å². The van der Waals surface area contributed by atoms with Crippen LogP contribution in [0.3, 0.4) is 0 Å². The molecule has 0 spiro atoms. The van der Waals surface area contributed by atoms with Gasteiger partial charge >= 0.3 is 0 Å². The molecule has 1 N–H and O–H groups in total. The first-order valence-corrected chi connectivity index (χ1v) is 16.8. The van der Waals surface area contributed by atoms with Crippen LogP contribution in [0.25, 0.3) is 0 Å². The molecule has 0 saturated heterocycles. The number of carbonyl (C=O) groups is 2. The van der Waals surface area contributed by atoms with Crippen molar-refractivity contribution in [1.29, 1.82) is 0 Å². The van der Waals surface area contributed by atoms with Gasteiger partial charge in [0.25, 0.3) is 10.0 Å². The minimum absolute atomic E-state index is 0.0795. The molecule has 0 bridgehead atoms. The SMILES string of the molecule is CCC(C(=O)NC1CCCCC1)N(Cc1cccc(OC)c1)C(=O)CN(c1ccc(I)cc1)S(=O)(=O)c1ccccc1. The number of sulfonamides is 1. The number of hydrogen-bond donors (Lipinski definition) is 1. The Morgan fingerprint density at radius 3 is 2.31 bits per heavy atom. The topological polar surface area (TPSA) is 96.0 Å². The van der Waals surface area contributed by atoms with Gasteiger partial charge in [-0.15, -0.1) is 0 Å². The molecule has 2 amide bonds. The molecule has 0 aromatic heterocycles. The second-order valence-corrected chi connectivity index (χ2v) is 13.5. The first kappa shape index (κ1) is 31.8. The third-order valence-electron chi connectivity index (χ3n) is 7.55. The van der Waals surface area contributed by atoms with Crippen LogP contribution in [0, 0.1) is 3.57 Å². The number of carbonyl (C=O) groups excluding carboxylic acids is 2. The van der Waals surface area contributed by atoms with Gasteiger partial charge < -0.3 is 15.0 Å². The number of anilines is 1. The first-order valence-electron chi connectivity index (χ1n) is 14.3. The van der Waals surface area contributed by atoms with E-state index in [0.717, 1.165) is 45.5 Å². The Morgan fingerprint density at radius 2 is 1.67 bits per heavy atom. The lowest BCUT2D eigenvalue weighted by Gasteiger charge is -2.34. The largest absolute Gasteiger partial charge is 0.497 e. The number of ether oxygens (including phenoxy) is 1. The van der Waals surface area contributed by atoms with Gasteiger partial charge in [-0.3, -0.25) is 13.9 Å². The smallest absolute Gasteiger partial charge is 0.264 e. The maximum atomic E-state index is 14.2. The molecule has 1 aliphatic rings. The number of rotatable bonds is 12. The fraction of sp³-hybridized carbons (Fsp3) is 0.375. The Labute approximate surface area is 262 Å². The highest BCUT2D eigenvalue weighted by Crippen LogP contribution is 2.26. The van der Waals surface area contributed by atoms with Crippen LogP contribution in [0.4, 0.5) is 5.69 Å². The van der Waals surface area contributed by atoms with E-state index in [-0.39, 0.29) is 23.4 Å². The van der Waals surface area contributed by atoms with Crippen molar-refractivity contribution in [1.82, 2.24) is 10.2 Å². The molecule has 42 heavy (non-hydrogen) atoms. The first-order chi connectivity index (χ1) is 20.2. The molecule has 3 aromatic rings. The van der Waals surface area contributed by atoms with Gasteiger partial charge in [-0.05, 0) is 95.9 Å². The standard InChI is InChI=1S/C32H38IN3O5S/c1-3-30(32(38)34-26-12-6-4-7-13-26)35(22-24-11-10-14-28(21-24)41-2)31(37)23-36(27-19-17-25(33)18-20-27)42(39,40)29-15-8-5-9-16-29/h5,8-11,14-21,26,30H,3-4,6-7,12-13,22-23H2,1-2H3,(H,34,38). The van der Waals surface area contributed by atoms with Crippen molar-refractivity contribution in [3.8, 4) is 5.75 Å². The minimum Gasteiger partial charge on any atom is -0.497 e. The molecular weight excluding hydrogens is 665 g/mol. The predicted molar refractivity (Wildman–Crippen MR) is 173 cm³/mol. The summed E-state index contributed by atoms with van der Waals surface area (Å²) < 4.78 is 35.3. The monoisotopic (exact) mass is 703 g/mol. The van der Waals surface area contributed by atoms with Crippen LogP contribution in [-0.2, 0) is 26.2 Å². The lowest BCUT2D eigenvalue weighted by atomic mass is 9.95. The van der Waals surface area contributed by atoms with Gasteiger partial charge in [0.2, 0.25) is 11.8 Å². The molecular formula is C32H38IN3O5S. The highest BCUT2D eigenvalue weighted by atomic mass is 127. The molecule has 1 atom stereocenters. The number of methoxy groups -OCH3 is 1. The van der Waals surface area contributed by atoms with E-state index in [9.17, 15) is 18.0 Å². The second kappa shape index (κ2) is 14.9.